The minimum absolute atomic E-state index is 0.0118. The molecule has 0 radical (unpaired) electrons. The van der Waals surface area contributed by atoms with Crippen LogP contribution in [-0.4, -0.2) is 43.5 Å². The van der Waals surface area contributed by atoms with Gasteiger partial charge in [0.05, 0.1) is 0 Å². The summed E-state index contributed by atoms with van der Waals surface area (Å²) < 4.78 is 74.7. The molecule has 2 aromatic rings. The van der Waals surface area contributed by atoms with E-state index in [0.717, 1.165) is 29.9 Å². The molecule has 1 saturated carbocycles. The van der Waals surface area contributed by atoms with Crippen molar-refractivity contribution in [1.82, 2.24) is 4.90 Å². The number of likely N-dealkylation sites (N-methyl/N-ethyl adjacent to an activating group) is 1. The number of aliphatic imine (C=N–C) groups is 1. The van der Waals surface area contributed by atoms with E-state index in [1.54, 1.807) is 6.07 Å². The third kappa shape index (κ3) is 4.19. The van der Waals surface area contributed by atoms with Crippen LogP contribution in [0.25, 0.3) is 0 Å². The lowest BCUT2D eigenvalue weighted by atomic mass is 9.81. The Bertz CT molecular complexity index is 1110. The number of amides is 1. The molecular formula is C22H20F5N3O3. The highest BCUT2D eigenvalue weighted by Crippen LogP contribution is 2.48. The van der Waals surface area contributed by atoms with Gasteiger partial charge in [-0.05, 0) is 59.7 Å². The number of halogens is 5. The topological polar surface area (TPSA) is 77.2 Å². The van der Waals surface area contributed by atoms with Crippen LogP contribution in [0.4, 0.5) is 22.0 Å². The van der Waals surface area contributed by atoms with Gasteiger partial charge >= 0.3 is 6.61 Å². The zero-order valence-corrected chi connectivity index (χ0v) is 17.4. The summed E-state index contributed by atoms with van der Waals surface area (Å²) in [6, 6.07) is 7.65. The van der Waals surface area contributed by atoms with E-state index >= 15 is 0 Å². The van der Waals surface area contributed by atoms with Crippen LogP contribution in [0.15, 0.2) is 41.4 Å². The van der Waals surface area contributed by atoms with Crippen LogP contribution >= 0.6 is 0 Å². The molecule has 0 aromatic heterocycles. The van der Waals surface area contributed by atoms with Crippen molar-refractivity contribution in [2.45, 2.75) is 37.3 Å². The van der Waals surface area contributed by atoms with Crippen molar-refractivity contribution in [3.8, 4) is 11.5 Å². The zero-order chi connectivity index (χ0) is 23.9. The van der Waals surface area contributed by atoms with Gasteiger partial charge in [-0.2, -0.15) is 8.78 Å². The predicted molar refractivity (Wildman–Crippen MR) is 108 cm³/mol. The van der Waals surface area contributed by atoms with E-state index in [9.17, 15) is 26.7 Å². The molecule has 1 amide bonds. The Hall–Kier alpha value is -3.37. The summed E-state index contributed by atoms with van der Waals surface area (Å²) in [5, 5.41) is 0. The molecule has 176 valence electrons. The van der Waals surface area contributed by atoms with Crippen LogP contribution in [0.3, 0.4) is 0 Å². The predicted octanol–water partition coefficient (Wildman–Crippen LogP) is 3.98. The van der Waals surface area contributed by atoms with E-state index in [1.807, 2.05) is 0 Å². The van der Waals surface area contributed by atoms with Crippen molar-refractivity contribution < 1.29 is 36.2 Å². The lowest BCUT2D eigenvalue weighted by Gasteiger charge is -2.27. The Balaban J connectivity index is 1.87. The maximum atomic E-state index is 14.2. The van der Waals surface area contributed by atoms with Gasteiger partial charge in [0.2, 0.25) is 0 Å². The third-order valence-corrected chi connectivity index (χ3v) is 5.61. The molecule has 2 aliphatic rings. The van der Waals surface area contributed by atoms with Gasteiger partial charge < -0.3 is 15.2 Å². The second-order valence-corrected chi connectivity index (χ2v) is 7.80. The van der Waals surface area contributed by atoms with Crippen molar-refractivity contribution >= 4 is 11.9 Å². The fourth-order valence-corrected chi connectivity index (χ4v) is 3.87. The summed E-state index contributed by atoms with van der Waals surface area (Å²) >= 11 is 0. The summed E-state index contributed by atoms with van der Waals surface area (Å²) in [7, 11) is 1.40. The molecule has 2 aromatic carbocycles. The number of nitrogens with two attached hydrogens (primary N) is 1. The highest BCUT2D eigenvalue weighted by atomic mass is 19.3. The van der Waals surface area contributed by atoms with Gasteiger partial charge in [-0.25, -0.2) is 18.2 Å². The van der Waals surface area contributed by atoms with Crippen molar-refractivity contribution in [1.29, 1.82) is 0 Å². The van der Waals surface area contributed by atoms with Gasteiger partial charge in [0.25, 0.3) is 12.3 Å². The molecular weight excluding hydrogens is 449 g/mol. The van der Waals surface area contributed by atoms with Crippen molar-refractivity contribution in [2.75, 3.05) is 13.7 Å². The highest BCUT2D eigenvalue weighted by molar-refractivity contribution is 6.09. The van der Waals surface area contributed by atoms with Crippen LogP contribution in [0.2, 0.25) is 0 Å². The number of rotatable bonds is 8. The first-order chi connectivity index (χ1) is 15.6. The van der Waals surface area contributed by atoms with E-state index in [2.05, 4.69) is 9.73 Å². The highest BCUT2D eigenvalue weighted by Gasteiger charge is 2.50. The maximum absolute atomic E-state index is 14.2. The molecule has 0 spiro atoms. The van der Waals surface area contributed by atoms with Crippen molar-refractivity contribution in [3.05, 3.63) is 58.9 Å². The Kier molecular flexibility index (Phi) is 5.89. The fourth-order valence-electron chi connectivity index (χ4n) is 3.87. The number of hydrogen-bond donors (Lipinski definition) is 1. The first-order valence-corrected chi connectivity index (χ1v) is 10.1. The molecule has 6 nitrogen and oxygen atoms in total. The van der Waals surface area contributed by atoms with E-state index in [0.29, 0.717) is 5.56 Å². The van der Waals surface area contributed by atoms with Gasteiger partial charge in [-0.1, -0.05) is 12.1 Å². The standard InChI is InChI=1S/C22H20F5N3O3/c1-30-19(31)22(29-21(30)28,13-4-6-15(23)17(9-13)32-10-18(24)25)12-5-7-16(33-20(26)27)14(8-12)11-2-3-11/h4-9,11,18,20H,2-3,10H2,1H3,(H2,28,29)/t22-/m1/s1. The number of carbonyl (C=O) groups is 1. The van der Waals surface area contributed by atoms with E-state index < -0.39 is 42.7 Å². The molecule has 1 aliphatic carbocycles. The molecule has 1 heterocycles. The summed E-state index contributed by atoms with van der Waals surface area (Å²) in [5.41, 5.74) is 5.02. The maximum Gasteiger partial charge on any atom is 0.387 e. The second kappa shape index (κ2) is 8.53. The minimum atomic E-state index is -3.03. The van der Waals surface area contributed by atoms with Gasteiger partial charge in [-0.3, -0.25) is 9.69 Å². The molecule has 4 rings (SSSR count). The quantitative estimate of drug-likeness (QED) is 0.594. The monoisotopic (exact) mass is 469 g/mol. The second-order valence-electron chi connectivity index (χ2n) is 7.80. The number of alkyl halides is 4. The van der Waals surface area contributed by atoms with E-state index in [1.165, 1.54) is 25.2 Å². The first-order valence-electron chi connectivity index (χ1n) is 10.1. The van der Waals surface area contributed by atoms with Crippen molar-refractivity contribution in [2.24, 2.45) is 10.7 Å². The SMILES string of the molecule is CN1C(=O)[C@](c2ccc(F)c(OCC(F)F)c2)(c2ccc(OC(F)F)c(C3CC3)c2)N=C1N. The lowest BCUT2D eigenvalue weighted by Crippen LogP contribution is -2.41. The zero-order valence-electron chi connectivity index (χ0n) is 17.4. The smallest absolute Gasteiger partial charge is 0.387 e. The van der Waals surface area contributed by atoms with Crippen molar-refractivity contribution in [3.63, 3.8) is 0 Å². The summed E-state index contributed by atoms with van der Waals surface area (Å²) in [6.45, 7) is -4.07. The molecule has 2 N–H and O–H groups in total. The molecule has 1 atom stereocenters. The average molecular weight is 469 g/mol. The molecule has 1 fully saturated rings. The van der Waals surface area contributed by atoms with Gasteiger partial charge in [0, 0.05) is 7.05 Å². The molecule has 0 bridgehead atoms. The van der Waals surface area contributed by atoms with Crippen LogP contribution in [0.1, 0.15) is 35.4 Å². The Morgan fingerprint density at radius 1 is 1.12 bits per heavy atom. The number of hydrogen-bond acceptors (Lipinski definition) is 5. The molecule has 33 heavy (non-hydrogen) atoms. The number of carbonyl (C=O) groups excluding carboxylic acids is 1. The van der Waals surface area contributed by atoms with E-state index in [-0.39, 0.29) is 28.8 Å². The van der Waals surface area contributed by atoms with Crippen LogP contribution < -0.4 is 15.2 Å². The largest absolute Gasteiger partial charge is 0.485 e. The Morgan fingerprint density at radius 2 is 1.79 bits per heavy atom. The normalized spacial score (nSPS) is 20.5. The fraction of sp³-hybridized carbons (Fsp3) is 0.364. The number of guanidine groups is 1. The lowest BCUT2D eigenvalue weighted by molar-refractivity contribution is -0.129. The Labute approximate surface area is 185 Å². The summed E-state index contributed by atoms with van der Waals surface area (Å²) in [4.78, 5) is 18.8. The number of benzene rings is 2. The van der Waals surface area contributed by atoms with Crippen LogP contribution in [-0.2, 0) is 10.3 Å². The average Bonchev–Trinajstić information content (AvgIpc) is 3.58. The molecule has 0 saturated heterocycles. The summed E-state index contributed by atoms with van der Waals surface area (Å²) in [6.07, 6.45) is -1.31. The first kappa shape index (κ1) is 22.8. The molecule has 1 aliphatic heterocycles. The van der Waals surface area contributed by atoms with Crippen LogP contribution in [0, 0.1) is 5.82 Å². The van der Waals surface area contributed by atoms with Gasteiger partial charge in [-0.15, -0.1) is 0 Å². The van der Waals surface area contributed by atoms with Gasteiger partial charge in [0.15, 0.2) is 23.1 Å². The minimum Gasteiger partial charge on any atom is -0.485 e. The van der Waals surface area contributed by atoms with Gasteiger partial charge in [0.1, 0.15) is 12.4 Å². The Morgan fingerprint density at radius 3 is 2.36 bits per heavy atom. The third-order valence-electron chi connectivity index (χ3n) is 5.61. The van der Waals surface area contributed by atoms with E-state index in [4.69, 9.17) is 10.5 Å². The number of ether oxygens (including phenoxy) is 2. The summed E-state index contributed by atoms with van der Waals surface area (Å²) in [5.74, 6) is -2.13. The van der Waals surface area contributed by atoms with Crippen LogP contribution in [0.5, 0.6) is 11.5 Å². The number of nitrogens with zero attached hydrogens (tertiary/aromatic N) is 2. The molecule has 11 heteroatoms. The molecule has 0 unspecified atom stereocenters.